The van der Waals surface area contributed by atoms with Gasteiger partial charge in [0.2, 0.25) is 0 Å². The lowest BCUT2D eigenvalue weighted by atomic mass is 10.1. The Kier molecular flexibility index (Phi) is 5.23. The quantitative estimate of drug-likeness (QED) is 0.370. The second kappa shape index (κ2) is 7.99. The fourth-order valence-corrected chi connectivity index (χ4v) is 3.71. The minimum absolute atomic E-state index is 0.128. The number of nitro groups is 1. The number of hydrogen-bond acceptors (Lipinski definition) is 7. The molecule has 0 radical (unpaired) electrons. The van der Waals surface area contributed by atoms with E-state index in [2.05, 4.69) is 19.8 Å². The summed E-state index contributed by atoms with van der Waals surface area (Å²) in [5.41, 5.74) is 0.646. The maximum atomic E-state index is 11.8. The van der Waals surface area contributed by atoms with Crippen LogP contribution in [0.3, 0.4) is 0 Å². The predicted molar refractivity (Wildman–Crippen MR) is 112 cm³/mol. The van der Waals surface area contributed by atoms with Crippen LogP contribution in [0.1, 0.15) is 5.56 Å². The van der Waals surface area contributed by atoms with Crippen LogP contribution in [0.4, 0.5) is 11.4 Å². The molecule has 0 aliphatic carbocycles. The summed E-state index contributed by atoms with van der Waals surface area (Å²) >= 11 is 0. The smallest absolute Gasteiger partial charge is 0.314 e. The summed E-state index contributed by atoms with van der Waals surface area (Å²) in [6.45, 7) is 3.53. The number of fused-ring (bicyclic) bond motifs is 1. The highest BCUT2D eigenvalue weighted by Crippen LogP contribution is 2.24. The molecule has 2 aromatic carbocycles. The molecule has 1 aliphatic heterocycles. The fourth-order valence-electron chi connectivity index (χ4n) is 3.71. The normalized spacial score (nSPS) is 14.8. The van der Waals surface area contributed by atoms with E-state index in [1.807, 2.05) is 24.3 Å². The van der Waals surface area contributed by atoms with Crippen LogP contribution < -0.4 is 20.8 Å². The van der Waals surface area contributed by atoms with Crippen LogP contribution in [0.2, 0.25) is 0 Å². The maximum Gasteiger partial charge on any atom is 0.314 e. The van der Waals surface area contributed by atoms with Crippen molar-refractivity contribution in [1.82, 2.24) is 14.9 Å². The van der Waals surface area contributed by atoms with Gasteiger partial charge in [0, 0.05) is 50.5 Å². The van der Waals surface area contributed by atoms with Gasteiger partial charge in [-0.25, -0.2) is 0 Å². The Morgan fingerprint density at radius 2 is 1.70 bits per heavy atom. The highest BCUT2D eigenvalue weighted by molar-refractivity contribution is 5.80. The van der Waals surface area contributed by atoms with Crippen LogP contribution in [0.5, 0.6) is 5.75 Å². The number of ether oxygens (including phenoxy) is 1. The third-order valence-electron chi connectivity index (χ3n) is 5.31. The Morgan fingerprint density at radius 1 is 1.03 bits per heavy atom. The van der Waals surface area contributed by atoms with Gasteiger partial charge in [-0.05, 0) is 29.8 Å². The first-order valence-corrected chi connectivity index (χ1v) is 9.49. The number of aromatic nitrogens is 2. The molecule has 30 heavy (non-hydrogen) atoms. The minimum Gasteiger partial charge on any atom is -0.497 e. The van der Waals surface area contributed by atoms with E-state index in [9.17, 15) is 19.7 Å². The molecule has 0 saturated carbocycles. The number of benzene rings is 2. The van der Waals surface area contributed by atoms with Gasteiger partial charge in [-0.2, -0.15) is 0 Å². The van der Waals surface area contributed by atoms with Crippen molar-refractivity contribution in [2.75, 3.05) is 38.2 Å². The zero-order chi connectivity index (χ0) is 21.3. The van der Waals surface area contributed by atoms with Crippen LogP contribution in [0.15, 0.2) is 46.0 Å². The predicted octanol–water partition coefficient (Wildman–Crippen LogP) is 1.46. The standard InChI is InChI=1S/C20H21N5O5/c1-30-16-4-2-14(3-5-16)24-8-6-23(7-9-24)12-13-10-15(25(28)29)11-17-18(13)22-20(27)19(26)21-17/h2-5,10-11H,6-9,12H2,1H3,(H,21,26)(H,22,27). The molecular weight excluding hydrogens is 390 g/mol. The minimum atomic E-state index is -0.831. The average Bonchev–Trinajstić information content (AvgIpc) is 2.75. The van der Waals surface area contributed by atoms with Gasteiger partial charge in [0.25, 0.3) is 5.69 Å². The largest absolute Gasteiger partial charge is 0.497 e. The summed E-state index contributed by atoms with van der Waals surface area (Å²) in [6, 6.07) is 10.6. The molecule has 1 aromatic heterocycles. The maximum absolute atomic E-state index is 11.8. The molecule has 10 heteroatoms. The number of nitrogens with zero attached hydrogens (tertiary/aromatic N) is 3. The van der Waals surface area contributed by atoms with E-state index in [-0.39, 0.29) is 11.2 Å². The van der Waals surface area contributed by atoms with Crippen molar-refractivity contribution in [3.8, 4) is 5.75 Å². The Bertz CT molecular complexity index is 1190. The fraction of sp³-hybridized carbons (Fsp3) is 0.300. The number of rotatable bonds is 5. The van der Waals surface area contributed by atoms with Gasteiger partial charge in [-0.1, -0.05) is 0 Å². The molecule has 1 aliphatic rings. The summed E-state index contributed by atoms with van der Waals surface area (Å²) in [6.07, 6.45) is 0. The van der Waals surface area contributed by atoms with E-state index in [1.54, 1.807) is 7.11 Å². The number of nitrogens with one attached hydrogen (secondary N) is 2. The van der Waals surface area contributed by atoms with Gasteiger partial charge >= 0.3 is 11.1 Å². The van der Waals surface area contributed by atoms with E-state index in [4.69, 9.17) is 4.74 Å². The molecular formula is C20H21N5O5. The van der Waals surface area contributed by atoms with Crippen molar-refractivity contribution < 1.29 is 9.66 Å². The van der Waals surface area contributed by atoms with Crippen molar-refractivity contribution in [3.05, 3.63) is 72.8 Å². The molecule has 10 nitrogen and oxygen atoms in total. The lowest BCUT2D eigenvalue weighted by Crippen LogP contribution is -2.46. The van der Waals surface area contributed by atoms with E-state index in [0.717, 1.165) is 37.6 Å². The molecule has 0 bridgehead atoms. The Balaban J connectivity index is 1.54. The lowest BCUT2D eigenvalue weighted by molar-refractivity contribution is -0.384. The molecule has 1 saturated heterocycles. The lowest BCUT2D eigenvalue weighted by Gasteiger charge is -2.36. The summed E-state index contributed by atoms with van der Waals surface area (Å²) < 4.78 is 5.20. The first-order valence-electron chi connectivity index (χ1n) is 9.49. The number of methoxy groups -OCH3 is 1. The zero-order valence-corrected chi connectivity index (χ0v) is 16.4. The number of aromatic amines is 2. The van der Waals surface area contributed by atoms with Gasteiger partial charge in [0.05, 0.1) is 23.1 Å². The Hall–Kier alpha value is -3.66. The SMILES string of the molecule is COc1ccc(N2CCN(Cc3cc([N+](=O)[O-])cc4[nH]c(=O)c(=O)[nH]c34)CC2)cc1. The summed E-state index contributed by atoms with van der Waals surface area (Å²) in [5.74, 6) is 0.807. The van der Waals surface area contributed by atoms with Gasteiger partial charge in [0.15, 0.2) is 0 Å². The third-order valence-corrected chi connectivity index (χ3v) is 5.31. The topological polar surface area (TPSA) is 125 Å². The van der Waals surface area contributed by atoms with Crippen molar-refractivity contribution >= 4 is 22.4 Å². The summed E-state index contributed by atoms with van der Waals surface area (Å²) in [4.78, 5) is 43.6. The van der Waals surface area contributed by atoms with Crippen molar-refractivity contribution in [3.63, 3.8) is 0 Å². The Labute approximate surface area is 170 Å². The number of H-pyrrole nitrogens is 2. The molecule has 0 unspecified atom stereocenters. The third kappa shape index (κ3) is 3.90. The number of hydrogen-bond donors (Lipinski definition) is 2. The first kappa shape index (κ1) is 19.6. The monoisotopic (exact) mass is 411 g/mol. The van der Waals surface area contributed by atoms with Gasteiger partial charge < -0.3 is 19.6 Å². The molecule has 0 spiro atoms. The van der Waals surface area contributed by atoms with Crippen molar-refractivity contribution in [2.24, 2.45) is 0 Å². The molecule has 1 fully saturated rings. The molecule has 0 amide bonds. The van der Waals surface area contributed by atoms with Crippen LogP contribution in [-0.4, -0.2) is 53.1 Å². The molecule has 4 rings (SSSR count). The number of non-ortho nitro benzene ring substituents is 1. The summed E-state index contributed by atoms with van der Waals surface area (Å²) in [7, 11) is 1.63. The number of nitro benzene ring substituents is 1. The van der Waals surface area contributed by atoms with Crippen LogP contribution in [0.25, 0.3) is 11.0 Å². The Morgan fingerprint density at radius 3 is 2.33 bits per heavy atom. The van der Waals surface area contributed by atoms with Crippen LogP contribution in [0, 0.1) is 10.1 Å². The van der Waals surface area contributed by atoms with Crippen LogP contribution in [-0.2, 0) is 6.54 Å². The van der Waals surface area contributed by atoms with E-state index >= 15 is 0 Å². The highest BCUT2D eigenvalue weighted by Gasteiger charge is 2.20. The second-order valence-electron chi connectivity index (χ2n) is 7.15. The second-order valence-corrected chi connectivity index (χ2v) is 7.15. The van der Waals surface area contributed by atoms with Crippen molar-refractivity contribution in [2.45, 2.75) is 6.54 Å². The molecule has 0 atom stereocenters. The highest BCUT2D eigenvalue weighted by atomic mass is 16.6. The molecule has 2 N–H and O–H groups in total. The van der Waals surface area contributed by atoms with Crippen molar-refractivity contribution in [1.29, 1.82) is 0 Å². The van der Waals surface area contributed by atoms with E-state index in [1.165, 1.54) is 12.1 Å². The van der Waals surface area contributed by atoms with Gasteiger partial charge in [-0.3, -0.25) is 24.6 Å². The van der Waals surface area contributed by atoms with Gasteiger partial charge in [-0.15, -0.1) is 0 Å². The molecule has 3 aromatic rings. The summed E-state index contributed by atoms with van der Waals surface area (Å²) in [5, 5.41) is 11.3. The molecule has 2 heterocycles. The van der Waals surface area contributed by atoms with Crippen LogP contribution >= 0.6 is 0 Å². The zero-order valence-electron chi connectivity index (χ0n) is 16.4. The van der Waals surface area contributed by atoms with E-state index < -0.39 is 16.0 Å². The first-order chi connectivity index (χ1) is 14.4. The van der Waals surface area contributed by atoms with Gasteiger partial charge in [0.1, 0.15) is 5.75 Å². The average molecular weight is 411 g/mol. The number of piperazine rings is 1. The molecule has 156 valence electrons. The number of anilines is 1. The van der Waals surface area contributed by atoms with E-state index in [0.29, 0.717) is 17.6 Å².